The molecule has 1 aromatic carbocycles. The van der Waals surface area contributed by atoms with Crippen LogP contribution in [0.5, 0.6) is 5.75 Å². The van der Waals surface area contributed by atoms with Crippen molar-refractivity contribution in [2.45, 2.75) is 57.6 Å². The molecular weight excluding hydrogens is 674 g/mol. The Labute approximate surface area is 291 Å². The van der Waals surface area contributed by atoms with Gasteiger partial charge in [0.15, 0.2) is 41.2 Å². The van der Waals surface area contributed by atoms with E-state index < -0.39 is 67.1 Å². The number of imidazole rings is 1. The maximum atomic E-state index is 12.9. The number of amides is 4. The lowest BCUT2D eigenvalue weighted by atomic mass is 10.0. The van der Waals surface area contributed by atoms with Gasteiger partial charge >= 0.3 is 6.09 Å². The van der Waals surface area contributed by atoms with E-state index in [1.807, 2.05) is 20.1 Å². The summed E-state index contributed by atoms with van der Waals surface area (Å²) in [7, 11) is 0. The molecule has 1 aliphatic heterocycles. The largest absolute Gasteiger partial charge is 0.508 e. The molecule has 19 heteroatoms. The summed E-state index contributed by atoms with van der Waals surface area (Å²) in [6, 6.07) is 4.74. The fraction of sp³-hybridized carbons (Fsp3) is 0.452. The van der Waals surface area contributed by atoms with Crippen LogP contribution in [-0.4, -0.2) is 102 Å². The zero-order chi connectivity index (χ0) is 36.4. The Bertz CT molecular complexity index is 1700. The summed E-state index contributed by atoms with van der Waals surface area (Å²) in [5.74, 6) is -1.61. The van der Waals surface area contributed by atoms with Gasteiger partial charge in [0.25, 0.3) is 0 Å². The van der Waals surface area contributed by atoms with Gasteiger partial charge in [-0.25, -0.2) is 19.7 Å². The topological polar surface area (TPSA) is 265 Å². The number of carbonyl (C=O) groups is 4. The van der Waals surface area contributed by atoms with Gasteiger partial charge in [0.2, 0.25) is 23.9 Å². The SMILES string of the molecule is CSCC[C@H](NC(=O)[C@H](CC(C)C)NC(=O)CNC(=O)OCC1=C(O)C(O)[C@H](n2cnc3c(NCc4ccc(O)cc4)ncnc32)O1)C(N)=O. The number of aromatic hydroxyl groups is 1. The number of phenols is 1. The second kappa shape index (κ2) is 17.4. The van der Waals surface area contributed by atoms with Crippen molar-refractivity contribution < 1.29 is 44.0 Å². The van der Waals surface area contributed by atoms with E-state index in [0.29, 0.717) is 30.1 Å². The Morgan fingerprint density at radius 1 is 1.08 bits per heavy atom. The number of nitrogens with two attached hydrogens (primary N) is 1. The van der Waals surface area contributed by atoms with Gasteiger partial charge in [0, 0.05) is 6.54 Å². The van der Waals surface area contributed by atoms with Crippen molar-refractivity contribution in [1.29, 1.82) is 0 Å². The molecule has 0 aliphatic carbocycles. The lowest BCUT2D eigenvalue weighted by Crippen LogP contribution is -2.54. The van der Waals surface area contributed by atoms with Gasteiger partial charge < -0.3 is 51.8 Å². The monoisotopic (exact) mass is 715 g/mol. The van der Waals surface area contributed by atoms with Gasteiger partial charge in [0.1, 0.15) is 37.0 Å². The molecule has 1 unspecified atom stereocenters. The third-order valence-electron chi connectivity index (χ3n) is 7.49. The number of fused-ring (bicyclic) bond motifs is 1. The molecule has 0 radical (unpaired) electrons. The smallest absolute Gasteiger partial charge is 0.408 e. The Hall–Kier alpha value is -5.30. The molecule has 0 spiro atoms. The van der Waals surface area contributed by atoms with Crippen LogP contribution in [0.3, 0.4) is 0 Å². The lowest BCUT2D eigenvalue weighted by molar-refractivity contribution is -0.131. The highest BCUT2D eigenvalue weighted by Gasteiger charge is 2.38. The van der Waals surface area contributed by atoms with Crippen LogP contribution < -0.4 is 27.0 Å². The fourth-order valence-corrected chi connectivity index (χ4v) is 5.40. The van der Waals surface area contributed by atoms with Gasteiger partial charge in [-0.05, 0) is 48.5 Å². The zero-order valence-corrected chi connectivity index (χ0v) is 28.5. The summed E-state index contributed by atoms with van der Waals surface area (Å²) in [5.41, 5.74) is 6.94. The van der Waals surface area contributed by atoms with Crippen LogP contribution in [0.2, 0.25) is 0 Å². The van der Waals surface area contributed by atoms with Crippen molar-refractivity contribution >= 4 is 52.6 Å². The number of nitrogens with one attached hydrogen (secondary N) is 4. The number of thioether (sulfide) groups is 1. The van der Waals surface area contributed by atoms with Gasteiger partial charge in [-0.15, -0.1) is 0 Å². The molecule has 3 heterocycles. The number of phenolic OH excluding ortho intramolecular Hbond substituents is 1. The number of rotatable bonds is 17. The number of primary amides is 1. The number of aromatic nitrogens is 4. The van der Waals surface area contributed by atoms with Gasteiger partial charge in [0.05, 0.1) is 0 Å². The molecule has 9 N–H and O–H groups in total. The van der Waals surface area contributed by atoms with Crippen LogP contribution in [0.25, 0.3) is 11.2 Å². The Morgan fingerprint density at radius 2 is 1.82 bits per heavy atom. The number of nitrogens with zero attached hydrogens (tertiary/aromatic N) is 4. The quantitative estimate of drug-likeness (QED) is 0.0961. The molecule has 50 heavy (non-hydrogen) atoms. The molecule has 2 aromatic heterocycles. The molecule has 4 atom stereocenters. The van der Waals surface area contributed by atoms with E-state index in [4.69, 9.17) is 15.2 Å². The Morgan fingerprint density at radius 3 is 2.50 bits per heavy atom. The van der Waals surface area contributed by atoms with E-state index in [9.17, 15) is 34.5 Å². The van der Waals surface area contributed by atoms with E-state index >= 15 is 0 Å². The number of anilines is 1. The predicted octanol–water partition coefficient (Wildman–Crippen LogP) is 0.784. The summed E-state index contributed by atoms with van der Waals surface area (Å²) in [5, 5.41) is 41.3. The second-order valence-corrected chi connectivity index (χ2v) is 12.7. The van der Waals surface area contributed by atoms with E-state index in [2.05, 4.69) is 36.2 Å². The third kappa shape index (κ3) is 9.88. The summed E-state index contributed by atoms with van der Waals surface area (Å²) in [4.78, 5) is 62.5. The minimum atomic E-state index is -1.55. The first-order valence-corrected chi connectivity index (χ1v) is 17.0. The minimum Gasteiger partial charge on any atom is -0.508 e. The number of aliphatic hydroxyl groups excluding tert-OH is 2. The van der Waals surface area contributed by atoms with E-state index in [1.54, 1.807) is 24.3 Å². The van der Waals surface area contributed by atoms with E-state index in [-0.39, 0.29) is 29.5 Å². The van der Waals surface area contributed by atoms with Crippen molar-refractivity contribution in [1.82, 2.24) is 35.5 Å². The maximum absolute atomic E-state index is 12.9. The van der Waals surface area contributed by atoms with Crippen LogP contribution in [0.1, 0.15) is 38.5 Å². The molecule has 3 aromatic rings. The van der Waals surface area contributed by atoms with Crippen molar-refractivity contribution in [3.63, 3.8) is 0 Å². The van der Waals surface area contributed by atoms with Crippen LogP contribution >= 0.6 is 11.8 Å². The third-order valence-corrected chi connectivity index (χ3v) is 8.13. The van der Waals surface area contributed by atoms with Crippen LogP contribution in [0.4, 0.5) is 10.6 Å². The Kier molecular flexibility index (Phi) is 13.0. The first-order valence-electron chi connectivity index (χ1n) is 15.6. The standard InChI is InChI=1S/C31H41N9O9S/c1-16(2)10-20(29(46)39-19(26(32)45)8-9-50-3)38-22(42)12-34-31(47)48-13-21-24(43)25(44)30(49-21)40-15-37-23-27(35-14-36-28(23)40)33-11-17-4-6-18(41)7-5-17/h4-7,14-16,19-20,25,30,41,43-44H,8-13H2,1-3H3,(H2,32,45)(H,34,47)(H,38,42)(H,39,46)(H,33,35,36)/t19-,20-,25?,30+/m0/s1. The highest BCUT2D eigenvalue weighted by atomic mass is 32.2. The number of ether oxygens (including phenoxy) is 2. The van der Waals surface area contributed by atoms with Gasteiger partial charge in [-0.1, -0.05) is 26.0 Å². The van der Waals surface area contributed by atoms with Crippen molar-refractivity contribution in [2.75, 3.05) is 30.5 Å². The molecule has 270 valence electrons. The number of alkyl carbamates (subject to hydrolysis) is 1. The van der Waals surface area contributed by atoms with Crippen molar-refractivity contribution in [2.24, 2.45) is 11.7 Å². The van der Waals surface area contributed by atoms with Crippen LogP contribution in [0, 0.1) is 5.92 Å². The van der Waals surface area contributed by atoms with E-state index in [1.165, 1.54) is 29.0 Å². The average molecular weight is 716 g/mol. The fourth-order valence-electron chi connectivity index (χ4n) is 4.93. The van der Waals surface area contributed by atoms with Crippen LogP contribution in [0.15, 0.2) is 48.4 Å². The Balaban J connectivity index is 1.29. The molecular formula is C31H41N9O9S. The zero-order valence-electron chi connectivity index (χ0n) is 27.7. The summed E-state index contributed by atoms with van der Waals surface area (Å²) < 4.78 is 12.2. The molecule has 1 aliphatic rings. The summed E-state index contributed by atoms with van der Waals surface area (Å²) in [6.45, 7) is 2.96. The first kappa shape index (κ1) is 37.5. The lowest BCUT2D eigenvalue weighted by Gasteiger charge is -2.23. The molecule has 0 fully saturated rings. The highest BCUT2D eigenvalue weighted by Crippen LogP contribution is 2.34. The number of hydrogen-bond donors (Lipinski definition) is 8. The molecule has 4 amide bonds. The van der Waals surface area contributed by atoms with Crippen molar-refractivity contribution in [3.8, 4) is 5.75 Å². The number of aliphatic hydroxyl groups is 2. The molecule has 0 bridgehead atoms. The molecule has 4 rings (SSSR count). The molecule has 18 nitrogen and oxygen atoms in total. The number of hydrogen-bond acceptors (Lipinski definition) is 14. The van der Waals surface area contributed by atoms with E-state index in [0.717, 1.165) is 5.56 Å². The summed E-state index contributed by atoms with van der Waals surface area (Å²) in [6.07, 6.45) is 1.31. The van der Waals surface area contributed by atoms with Crippen LogP contribution in [-0.2, 0) is 30.4 Å². The average Bonchev–Trinajstić information content (AvgIpc) is 3.63. The van der Waals surface area contributed by atoms with Gasteiger partial charge in [-0.3, -0.25) is 19.0 Å². The normalized spacial score (nSPS) is 16.8. The predicted molar refractivity (Wildman–Crippen MR) is 181 cm³/mol. The second-order valence-electron chi connectivity index (χ2n) is 11.8. The highest BCUT2D eigenvalue weighted by molar-refractivity contribution is 7.98. The summed E-state index contributed by atoms with van der Waals surface area (Å²) >= 11 is 1.49. The van der Waals surface area contributed by atoms with Gasteiger partial charge in [-0.2, -0.15) is 11.8 Å². The van der Waals surface area contributed by atoms with Crippen molar-refractivity contribution in [3.05, 3.63) is 54.0 Å². The number of benzene rings is 1. The molecule has 0 saturated carbocycles. The first-order chi connectivity index (χ1) is 23.9. The molecule has 0 saturated heterocycles. The minimum absolute atomic E-state index is 0.0109. The number of carbonyl (C=O) groups excluding carboxylic acids is 4. The maximum Gasteiger partial charge on any atom is 0.408 e.